The molecule has 7 heteroatoms. The van der Waals surface area contributed by atoms with Crippen LogP contribution in [0, 0.1) is 0 Å². The number of ether oxygens (including phenoxy) is 2. The van der Waals surface area contributed by atoms with E-state index >= 15 is 0 Å². The van der Waals surface area contributed by atoms with Crippen LogP contribution in [0.25, 0.3) is 0 Å². The summed E-state index contributed by atoms with van der Waals surface area (Å²) in [6.07, 6.45) is 0. The van der Waals surface area contributed by atoms with Crippen molar-refractivity contribution >= 4 is 40.9 Å². The predicted octanol–water partition coefficient (Wildman–Crippen LogP) is 4.90. The van der Waals surface area contributed by atoms with Crippen molar-refractivity contribution in [2.24, 2.45) is 0 Å². The van der Waals surface area contributed by atoms with E-state index in [4.69, 9.17) is 32.7 Å². The van der Waals surface area contributed by atoms with E-state index in [-0.39, 0.29) is 11.3 Å². The first kappa shape index (κ1) is 18.2. The third kappa shape index (κ3) is 3.84. The van der Waals surface area contributed by atoms with E-state index in [2.05, 4.69) is 0 Å². The van der Waals surface area contributed by atoms with E-state index in [1.54, 1.807) is 44.2 Å². The number of hydrogen-bond donors (Lipinski definition) is 0. The van der Waals surface area contributed by atoms with Crippen LogP contribution >= 0.6 is 35.0 Å². The molecular formula is C18H17Cl2NO3S. The van der Waals surface area contributed by atoms with E-state index < -0.39 is 0 Å². The Bertz CT molecular complexity index is 778. The zero-order valence-electron chi connectivity index (χ0n) is 13.8. The quantitative estimate of drug-likeness (QED) is 0.735. The smallest absolute Gasteiger partial charge is 0.256 e. The molecule has 0 saturated carbocycles. The van der Waals surface area contributed by atoms with Crippen LogP contribution in [0.15, 0.2) is 36.4 Å². The number of methoxy groups -OCH3 is 2. The van der Waals surface area contributed by atoms with Crippen LogP contribution < -0.4 is 9.47 Å². The van der Waals surface area contributed by atoms with Crippen LogP contribution in [0.2, 0.25) is 10.0 Å². The molecule has 1 aliphatic heterocycles. The minimum Gasteiger partial charge on any atom is -0.497 e. The van der Waals surface area contributed by atoms with Gasteiger partial charge in [-0.1, -0.05) is 23.2 Å². The van der Waals surface area contributed by atoms with Gasteiger partial charge in [-0.15, -0.1) is 11.8 Å². The summed E-state index contributed by atoms with van der Waals surface area (Å²) in [6, 6.07) is 10.6. The lowest BCUT2D eigenvalue weighted by Gasteiger charge is -2.25. The standard InChI is InChI=1S/C18H17Cl2NO3S/c1-23-13-7-11(8-14(10-13)24-2)18-21(5-6-25-18)17(22)15-4-3-12(19)9-16(15)20/h3-4,7-10,18H,5-6H2,1-2H3/t18-/m1/s1. The van der Waals surface area contributed by atoms with Crippen molar-refractivity contribution in [3.8, 4) is 11.5 Å². The normalized spacial score (nSPS) is 16.8. The van der Waals surface area contributed by atoms with E-state index in [0.717, 1.165) is 11.3 Å². The second-order valence-electron chi connectivity index (χ2n) is 5.49. The van der Waals surface area contributed by atoms with E-state index in [9.17, 15) is 4.79 Å². The topological polar surface area (TPSA) is 38.8 Å². The van der Waals surface area contributed by atoms with Gasteiger partial charge in [0.05, 0.1) is 24.8 Å². The Labute approximate surface area is 161 Å². The molecule has 0 aromatic heterocycles. The average Bonchev–Trinajstić information content (AvgIpc) is 3.10. The molecule has 1 atom stereocenters. The molecule has 25 heavy (non-hydrogen) atoms. The van der Waals surface area contributed by atoms with Crippen LogP contribution in [-0.4, -0.2) is 37.3 Å². The summed E-state index contributed by atoms with van der Waals surface area (Å²) in [4.78, 5) is 14.8. The summed E-state index contributed by atoms with van der Waals surface area (Å²) < 4.78 is 10.7. The molecule has 1 amide bonds. The maximum Gasteiger partial charge on any atom is 0.256 e. The van der Waals surface area contributed by atoms with Crippen molar-refractivity contribution < 1.29 is 14.3 Å². The molecule has 1 saturated heterocycles. The summed E-state index contributed by atoms with van der Waals surface area (Å²) in [6.45, 7) is 0.645. The van der Waals surface area contributed by atoms with Gasteiger partial charge in [-0.05, 0) is 35.9 Å². The van der Waals surface area contributed by atoms with Gasteiger partial charge in [-0.3, -0.25) is 4.79 Å². The largest absolute Gasteiger partial charge is 0.497 e. The predicted molar refractivity (Wildman–Crippen MR) is 102 cm³/mol. The molecule has 0 spiro atoms. The third-order valence-corrected chi connectivity index (χ3v) is 5.78. The Morgan fingerprint density at radius 2 is 1.80 bits per heavy atom. The highest BCUT2D eigenvalue weighted by atomic mass is 35.5. The Morgan fingerprint density at radius 1 is 1.12 bits per heavy atom. The van der Waals surface area contributed by atoms with Gasteiger partial charge < -0.3 is 14.4 Å². The first-order valence-corrected chi connectivity index (χ1v) is 9.44. The van der Waals surface area contributed by atoms with E-state index in [1.807, 2.05) is 23.1 Å². The molecule has 0 N–H and O–H groups in total. The van der Waals surface area contributed by atoms with Crippen molar-refractivity contribution in [1.29, 1.82) is 0 Å². The van der Waals surface area contributed by atoms with Crippen LogP contribution in [0.1, 0.15) is 21.3 Å². The summed E-state index contributed by atoms with van der Waals surface area (Å²) in [5.41, 5.74) is 1.41. The zero-order chi connectivity index (χ0) is 18.0. The number of thioether (sulfide) groups is 1. The van der Waals surface area contributed by atoms with Crippen LogP contribution in [0.3, 0.4) is 0 Å². The highest BCUT2D eigenvalue weighted by molar-refractivity contribution is 7.99. The first-order valence-electron chi connectivity index (χ1n) is 7.64. The number of nitrogens with zero attached hydrogens (tertiary/aromatic N) is 1. The number of hydrogen-bond acceptors (Lipinski definition) is 4. The van der Waals surface area contributed by atoms with Gasteiger partial charge >= 0.3 is 0 Å². The minimum atomic E-state index is -0.122. The molecule has 132 valence electrons. The van der Waals surface area contributed by atoms with Gasteiger partial charge in [0, 0.05) is 23.4 Å². The number of carbonyl (C=O) groups excluding carboxylic acids is 1. The Kier molecular flexibility index (Phi) is 5.67. The lowest BCUT2D eigenvalue weighted by molar-refractivity contribution is 0.0760. The molecule has 0 aliphatic carbocycles. The fraction of sp³-hybridized carbons (Fsp3) is 0.278. The molecule has 1 heterocycles. The second-order valence-corrected chi connectivity index (χ2v) is 7.52. The highest BCUT2D eigenvalue weighted by Gasteiger charge is 2.32. The molecule has 3 rings (SSSR count). The third-order valence-electron chi connectivity index (χ3n) is 3.97. The fourth-order valence-corrected chi connectivity index (χ4v) is 4.47. The van der Waals surface area contributed by atoms with Crippen LogP contribution in [-0.2, 0) is 0 Å². The molecule has 2 aromatic carbocycles. The van der Waals surface area contributed by atoms with Crippen molar-refractivity contribution in [3.63, 3.8) is 0 Å². The molecule has 2 aromatic rings. The fourth-order valence-electron chi connectivity index (χ4n) is 2.74. The number of amides is 1. The summed E-state index contributed by atoms with van der Waals surface area (Å²) in [7, 11) is 3.22. The lowest BCUT2D eigenvalue weighted by Crippen LogP contribution is -2.30. The van der Waals surface area contributed by atoms with E-state index in [1.165, 1.54) is 0 Å². The van der Waals surface area contributed by atoms with Gasteiger partial charge in [0.15, 0.2) is 0 Å². The number of halogens is 2. The SMILES string of the molecule is COc1cc(OC)cc([C@H]2SCCN2C(=O)c2ccc(Cl)cc2Cl)c1. The Hall–Kier alpha value is -1.56. The van der Waals surface area contributed by atoms with Crippen molar-refractivity contribution in [2.75, 3.05) is 26.5 Å². The van der Waals surface area contributed by atoms with Gasteiger partial charge in [-0.25, -0.2) is 0 Å². The van der Waals surface area contributed by atoms with Crippen molar-refractivity contribution in [2.45, 2.75) is 5.37 Å². The average molecular weight is 398 g/mol. The highest BCUT2D eigenvalue weighted by Crippen LogP contribution is 2.41. The Balaban J connectivity index is 1.94. The first-order chi connectivity index (χ1) is 12.0. The number of carbonyl (C=O) groups is 1. The molecular weight excluding hydrogens is 381 g/mol. The molecule has 0 radical (unpaired) electrons. The molecule has 4 nitrogen and oxygen atoms in total. The van der Waals surface area contributed by atoms with E-state index in [0.29, 0.717) is 33.7 Å². The van der Waals surface area contributed by atoms with Gasteiger partial charge in [0.1, 0.15) is 16.9 Å². The summed E-state index contributed by atoms with van der Waals surface area (Å²) in [5.74, 6) is 2.12. The Morgan fingerprint density at radius 3 is 2.40 bits per heavy atom. The molecule has 0 bridgehead atoms. The minimum absolute atomic E-state index is 0.113. The molecule has 1 fully saturated rings. The van der Waals surface area contributed by atoms with Crippen LogP contribution in [0.4, 0.5) is 0 Å². The number of rotatable bonds is 4. The van der Waals surface area contributed by atoms with Crippen molar-refractivity contribution in [3.05, 3.63) is 57.6 Å². The number of benzene rings is 2. The van der Waals surface area contributed by atoms with Crippen molar-refractivity contribution in [1.82, 2.24) is 4.90 Å². The summed E-state index contributed by atoms with van der Waals surface area (Å²) in [5, 5.41) is 0.742. The van der Waals surface area contributed by atoms with Gasteiger partial charge in [-0.2, -0.15) is 0 Å². The maximum atomic E-state index is 13.0. The molecule has 1 aliphatic rings. The van der Waals surface area contributed by atoms with Gasteiger partial charge in [0.25, 0.3) is 5.91 Å². The van der Waals surface area contributed by atoms with Gasteiger partial charge in [0.2, 0.25) is 0 Å². The van der Waals surface area contributed by atoms with Crippen LogP contribution in [0.5, 0.6) is 11.5 Å². The zero-order valence-corrected chi connectivity index (χ0v) is 16.1. The monoisotopic (exact) mass is 397 g/mol. The second kappa shape index (κ2) is 7.77. The maximum absolute atomic E-state index is 13.0. The lowest BCUT2D eigenvalue weighted by atomic mass is 10.1. The molecule has 0 unspecified atom stereocenters. The summed E-state index contributed by atoms with van der Waals surface area (Å²) >= 11 is 13.8.